The molecule has 0 saturated carbocycles. The third kappa shape index (κ3) is 3.83. The van der Waals surface area contributed by atoms with Gasteiger partial charge in [-0.25, -0.2) is 0 Å². The summed E-state index contributed by atoms with van der Waals surface area (Å²) < 4.78 is 0. The summed E-state index contributed by atoms with van der Waals surface area (Å²) in [4.78, 5) is 15.8. The van der Waals surface area contributed by atoms with Crippen LogP contribution in [0.15, 0.2) is 54.7 Å². The number of rotatable bonds is 3. The molecule has 0 aliphatic rings. The zero-order chi connectivity index (χ0) is 13.5. The van der Waals surface area contributed by atoms with E-state index < -0.39 is 0 Å². The Hall–Kier alpha value is -2.86. The molecule has 1 N–H and O–H groups in total. The molecule has 0 radical (unpaired) electrons. The van der Waals surface area contributed by atoms with Gasteiger partial charge in [0, 0.05) is 23.5 Å². The summed E-state index contributed by atoms with van der Waals surface area (Å²) in [6.07, 6.45) is 10.1. The Kier molecular flexibility index (Phi) is 4.09. The van der Waals surface area contributed by atoms with Gasteiger partial charge in [0.1, 0.15) is 0 Å². The second-order valence-corrected chi connectivity index (χ2v) is 3.80. The predicted octanol–water partition coefficient (Wildman–Crippen LogP) is 2.71. The third-order valence-corrected chi connectivity index (χ3v) is 2.39. The SMILES string of the molecule is C#Cc1cccc(NC(=O)/C=C/c2ccccn2)c1. The number of hydrogen-bond acceptors (Lipinski definition) is 2. The van der Waals surface area contributed by atoms with E-state index in [0.717, 1.165) is 11.3 Å². The number of carbonyl (C=O) groups is 1. The molecule has 0 spiro atoms. The van der Waals surface area contributed by atoms with Crippen LogP contribution in [0.2, 0.25) is 0 Å². The van der Waals surface area contributed by atoms with Crippen molar-refractivity contribution in [2.45, 2.75) is 0 Å². The number of carbonyl (C=O) groups excluding carboxylic acids is 1. The number of pyridine rings is 1. The van der Waals surface area contributed by atoms with Crippen LogP contribution in [0.3, 0.4) is 0 Å². The highest BCUT2D eigenvalue weighted by molar-refractivity contribution is 6.01. The molecule has 0 saturated heterocycles. The number of nitrogens with zero attached hydrogens (tertiary/aromatic N) is 1. The average molecular weight is 248 g/mol. The zero-order valence-electron chi connectivity index (χ0n) is 10.2. The Morgan fingerprint density at radius 3 is 2.89 bits per heavy atom. The van der Waals surface area contributed by atoms with Gasteiger partial charge in [0.15, 0.2) is 0 Å². The summed E-state index contributed by atoms with van der Waals surface area (Å²) in [5.74, 6) is 2.30. The molecule has 0 aliphatic carbocycles. The number of nitrogens with one attached hydrogen (secondary N) is 1. The summed E-state index contributed by atoms with van der Waals surface area (Å²) in [5.41, 5.74) is 2.13. The highest BCUT2D eigenvalue weighted by Crippen LogP contribution is 2.09. The van der Waals surface area contributed by atoms with Crippen LogP contribution in [-0.4, -0.2) is 10.9 Å². The lowest BCUT2D eigenvalue weighted by atomic mass is 10.2. The Balaban J connectivity index is 2.02. The van der Waals surface area contributed by atoms with E-state index in [0.29, 0.717) is 5.69 Å². The van der Waals surface area contributed by atoms with E-state index in [-0.39, 0.29) is 5.91 Å². The van der Waals surface area contributed by atoms with Crippen molar-refractivity contribution in [3.05, 3.63) is 66.0 Å². The molecule has 3 nitrogen and oxygen atoms in total. The molecule has 1 amide bonds. The van der Waals surface area contributed by atoms with E-state index in [1.807, 2.05) is 18.2 Å². The van der Waals surface area contributed by atoms with E-state index in [9.17, 15) is 4.79 Å². The molecule has 0 atom stereocenters. The Morgan fingerprint density at radius 1 is 1.26 bits per heavy atom. The van der Waals surface area contributed by atoms with Gasteiger partial charge in [-0.1, -0.05) is 18.1 Å². The fourth-order valence-electron chi connectivity index (χ4n) is 1.51. The molecule has 19 heavy (non-hydrogen) atoms. The smallest absolute Gasteiger partial charge is 0.248 e. The molecule has 2 rings (SSSR count). The Labute approximate surface area is 112 Å². The molecule has 1 aromatic heterocycles. The molecule has 0 unspecified atom stereocenters. The minimum atomic E-state index is -0.222. The van der Waals surface area contributed by atoms with Gasteiger partial charge in [0.05, 0.1) is 5.69 Å². The normalized spacial score (nSPS) is 10.1. The van der Waals surface area contributed by atoms with Crippen LogP contribution in [0.1, 0.15) is 11.3 Å². The van der Waals surface area contributed by atoms with Crippen molar-refractivity contribution >= 4 is 17.7 Å². The van der Waals surface area contributed by atoms with Crippen LogP contribution < -0.4 is 5.32 Å². The first-order chi connectivity index (χ1) is 9.28. The maximum Gasteiger partial charge on any atom is 0.248 e. The van der Waals surface area contributed by atoms with Crippen molar-refractivity contribution in [3.63, 3.8) is 0 Å². The van der Waals surface area contributed by atoms with Gasteiger partial charge >= 0.3 is 0 Å². The van der Waals surface area contributed by atoms with Gasteiger partial charge in [-0.3, -0.25) is 9.78 Å². The van der Waals surface area contributed by atoms with E-state index >= 15 is 0 Å². The van der Waals surface area contributed by atoms with Gasteiger partial charge in [0.25, 0.3) is 0 Å². The summed E-state index contributed by atoms with van der Waals surface area (Å²) in [6, 6.07) is 12.6. The zero-order valence-corrected chi connectivity index (χ0v) is 10.2. The van der Waals surface area contributed by atoms with Crippen LogP contribution in [0.4, 0.5) is 5.69 Å². The topological polar surface area (TPSA) is 42.0 Å². The summed E-state index contributed by atoms with van der Waals surface area (Å²) >= 11 is 0. The Bertz CT molecular complexity index is 639. The number of amides is 1. The first-order valence-corrected chi connectivity index (χ1v) is 5.75. The first kappa shape index (κ1) is 12.6. The molecule has 0 fully saturated rings. The Morgan fingerprint density at radius 2 is 2.16 bits per heavy atom. The average Bonchev–Trinajstić information content (AvgIpc) is 2.46. The molecule has 3 heteroatoms. The summed E-state index contributed by atoms with van der Waals surface area (Å²) in [5, 5.41) is 2.74. The van der Waals surface area contributed by atoms with E-state index in [1.54, 1.807) is 36.5 Å². The minimum absolute atomic E-state index is 0.222. The van der Waals surface area contributed by atoms with Crippen LogP contribution in [0.5, 0.6) is 0 Å². The molecular weight excluding hydrogens is 236 g/mol. The highest BCUT2D eigenvalue weighted by Gasteiger charge is 1.98. The van der Waals surface area contributed by atoms with Gasteiger partial charge < -0.3 is 5.32 Å². The van der Waals surface area contributed by atoms with Crippen molar-refractivity contribution in [1.82, 2.24) is 4.98 Å². The molecule has 2 aromatic rings. The van der Waals surface area contributed by atoms with E-state index in [2.05, 4.69) is 16.2 Å². The molecule has 1 heterocycles. The fraction of sp³-hybridized carbons (Fsp3) is 0. The number of anilines is 1. The monoisotopic (exact) mass is 248 g/mol. The van der Waals surface area contributed by atoms with E-state index in [4.69, 9.17) is 6.42 Å². The van der Waals surface area contributed by atoms with Crippen molar-refractivity contribution in [2.24, 2.45) is 0 Å². The number of terminal acetylenes is 1. The summed E-state index contributed by atoms with van der Waals surface area (Å²) in [6.45, 7) is 0. The predicted molar refractivity (Wildman–Crippen MR) is 76.3 cm³/mol. The maximum atomic E-state index is 11.7. The van der Waals surface area contributed by atoms with Gasteiger partial charge in [0.2, 0.25) is 5.91 Å². The minimum Gasteiger partial charge on any atom is -0.322 e. The molecule has 92 valence electrons. The van der Waals surface area contributed by atoms with Crippen molar-refractivity contribution in [1.29, 1.82) is 0 Å². The van der Waals surface area contributed by atoms with Crippen molar-refractivity contribution in [2.75, 3.05) is 5.32 Å². The first-order valence-electron chi connectivity index (χ1n) is 5.75. The molecule has 0 aliphatic heterocycles. The number of hydrogen-bond donors (Lipinski definition) is 1. The largest absolute Gasteiger partial charge is 0.322 e. The number of benzene rings is 1. The molecular formula is C16H12N2O. The lowest BCUT2D eigenvalue weighted by Crippen LogP contribution is -2.07. The standard InChI is InChI=1S/C16H12N2O/c1-2-13-6-5-8-15(12-13)18-16(19)10-9-14-7-3-4-11-17-14/h1,3-12H,(H,18,19)/b10-9+. The third-order valence-electron chi connectivity index (χ3n) is 2.39. The van der Waals surface area contributed by atoms with Crippen LogP contribution in [0, 0.1) is 12.3 Å². The second-order valence-electron chi connectivity index (χ2n) is 3.80. The van der Waals surface area contributed by atoms with Gasteiger partial charge in [-0.05, 0) is 36.4 Å². The van der Waals surface area contributed by atoms with Gasteiger partial charge in [-0.15, -0.1) is 6.42 Å². The maximum absolute atomic E-state index is 11.7. The molecule has 0 bridgehead atoms. The summed E-state index contributed by atoms with van der Waals surface area (Å²) in [7, 11) is 0. The van der Waals surface area contributed by atoms with E-state index in [1.165, 1.54) is 6.08 Å². The van der Waals surface area contributed by atoms with Gasteiger partial charge in [-0.2, -0.15) is 0 Å². The van der Waals surface area contributed by atoms with Crippen LogP contribution in [-0.2, 0) is 4.79 Å². The van der Waals surface area contributed by atoms with Crippen LogP contribution in [0.25, 0.3) is 6.08 Å². The molecule has 1 aromatic carbocycles. The number of aromatic nitrogens is 1. The lowest BCUT2D eigenvalue weighted by molar-refractivity contribution is -0.111. The fourth-order valence-corrected chi connectivity index (χ4v) is 1.51. The van der Waals surface area contributed by atoms with Crippen LogP contribution >= 0.6 is 0 Å². The highest BCUT2D eigenvalue weighted by atomic mass is 16.1. The van der Waals surface area contributed by atoms with Crippen molar-refractivity contribution < 1.29 is 4.79 Å². The van der Waals surface area contributed by atoms with Crippen molar-refractivity contribution in [3.8, 4) is 12.3 Å². The quantitative estimate of drug-likeness (QED) is 0.670. The second kappa shape index (κ2) is 6.18. The lowest BCUT2D eigenvalue weighted by Gasteiger charge is -2.02.